The number of thiophene rings is 1. The van der Waals surface area contributed by atoms with Gasteiger partial charge in [-0.1, -0.05) is 0 Å². The van der Waals surface area contributed by atoms with Crippen LogP contribution in [-0.4, -0.2) is 36.9 Å². The molecular formula is C13H18BrNO3S. The Balaban J connectivity index is 2.26. The van der Waals surface area contributed by atoms with Crippen molar-refractivity contribution in [2.75, 3.05) is 20.2 Å². The zero-order valence-electron chi connectivity index (χ0n) is 11.1. The normalized spacial score (nSPS) is 10.7. The molecule has 106 valence electrons. The largest absolute Gasteiger partial charge is 0.466 e. The first-order valence-electron chi connectivity index (χ1n) is 6.10. The van der Waals surface area contributed by atoms with Gasteiger partial charge in [0.1, 0.15) is 5.78 Å². The van der Waals surface area contributed by atoms with Crippen molar-refractivity contribution in [2.45, 2.75) is 26.3 Å². The Labute approximate surface area is 125 Å². The molecule has 0 atom stereocenters. The zero-order valence-corrected chi connectivity index (χ0v) is 13.6. The van der Waals surface area contributed by atoms with Crippen molar-refractivity contribution in [2.24, 2.45) is 0 Å². The lowest BCUT2D eigenvalue weighted by molar-refractivity contribution is -0.144. The standard InChI is InChI=1S/C13H18BrNO3S/c1-3-18-13(17)5-4-11(16)8-15(2)7-10-6-12(14)19-9-10/h6,9H,3-5,7-8H2,1-2H3. The van der Waals surface area contributed by atoms with E-state index in [-0.39, 0.29) is 24.6 Å². The van der Waals surface area contributed by atoms with Crippen LogP contribution in [0, 0.1) is 0 Å². The third-order valence-corrected chi connectivity index (χ3v) is 3.99. The number of ether oxygens (including phenoxy) is 1. The van der Waals surface area contributed by atoms with Crippen molar-refractivity contribution in [1.82, 2.24) is 4.90 Å². The molecule has 0 saturated carbocycles. The summed E-state index contributed by atoms with van der Waals surface area (Å²) in [7, 11) is 1.90. The van der Waals surface area contributed by atoms with Gasteiger partial charge in [-0.2, -0.15) is 0 Å². The highest BCUT2D eigenvalue weighted by atomic mass is 79.9. The predicted octanol–water partition coefficient (Wildman–Crippen LogP) is 2.85. The Morgan fingerprint density at radius 1 is 1.42 bits per heavy atom. The van der Waals surface area contributed by atoms with E-state index < -0.39 is 0 Å². The van der Waals surface area contributed by atoms with E-state index in [1.54, 1.807) is 18.3 Å². The summed E-state index contributed by atoms with van der Waals surface area (Å²) in [6.45, 7) is 3.20. The first-order valence-corrected chi connectivity index (χ1v) is 7.77. The van der Waals surface area contributed by atoms with Crippen molar-refractivity contribution < 1.29 is 14.3 Å². The zero-order chi connectivity index (χ0) is 14.3. The van der Waals surface area contributed by atoms with Gasteiger partial charge in [0.2, 0.25) is 0 Å². The highest BCUT2D eigenvalue weighted by Gasteiger charge is 2.11. The van der Waals surface area contributed by atoms with Crippen molar-refractivity contribution in [3.05, 3.63) is 20.8 Å². The van der Waals surface area contributed by atoms with Crippen LogP contribution in [0.15, 0.2) is 15.2 Å². The fourth-order valence-corrected chi connectivity index (χ4v) is 2.85. The van der Waals surface area contributed by atoms with E-state index in [0.29, 0.717) is 13.2 Å². The van der Waals surface area contributed by atoms with E-state index in [9.17, 15) is 9.59 Å². The van der Waals surface area contributed by atoms with Gasteiger partial charge in [0.25, 0.3) is 0 Å². The second kappa shape index (κ2) is 8.45. The van der Waals surface area contributed by atoms with Gasteiger partial charge >= 0.3 is 5.97 Å². The maximum Gasteiger partial charge on any atom is 0.306 e. The van der Waals surface area contributed by atoms with E-state index >= 15 is 0 Å². The van der Waals surface area contributed by atoms with Crippen LogP contribution in [-0.2, 0) is 20.9 Å². The average Bonchev–Trinajstić information content (AvgIpc) is 2.72. The molecular weight excluding hydrogens is 330 g/mol. The first-order chi connectivity index (χ1) is 9.01. The Kier molecular flexibility index (Phi) is 7.27. The Bertz CT molecular complexity index is 433. The van der Waals surface area contributed by atoms with Gasteiger partial charge < -0.3 is 4.74 Å². The number of likely N-dealkylation sites (N-methyl/N-ethyl adjacent to an activating group) is 1. The van der Waals surface area contributed by atoms with Gasteiger partial charge in [-0.05, 0) is 46.9 Å². The second-order valence-electron chi connectivity index (χ2n) is 4.28. The van der Waals surface area contributed by atoms with Gasteiger partial charge in [0, 0.05) is 13.0 Å². The van der Waals surface area contributed by atoms with Crippen LogP contribution in [0.25, 0.3) is 0 Å². The minimum atomic E-state index is -0.305. The molecule has 4 nitrogen and oxygen atoms in total. The van der Waals surface area contributed by atoms with Gasteiger partial charge in [-0.25, -0.2) is 0 Å². The molecule has 0 spiro atoms. The number of esters is 1. The number of carbonyl (C=O) groups is 2. The van der Waals surface area contributed by atoms with Crippen LogP contribution in [0.2, 0.25) is 0 Å². The van der Waals surface area contributed by atoms with Crippen molar-refractivity contribution in [3.8, 4) is 0 Å². The fourth-order valence-electron chi connectivity index (χ4n) is 1.65. The third kappa shape index (κ3) is 6.84. The summed E-state index contributed by atoms with van der Waals surface area (Å²) in [5.41, 5.74) is 1.18. The third-order valence-electron chi connectivity index (χ3n) is 2.43. The maximum absolute atomic E-state index is 11.7. The molecule has 1 heterocycles. The molecule has 0 bridgehead atoms. The van der Waals surface area contributed by atoms with Crippen LogP contribution in [0.1, 0.15) is 25.3 Å². The number of Topliss-reactive ketones (excluding diaryl/α,β-unsaturated/α-hetero) is 1. The summed E-state index contributed by atoms with van der Waals surface area (Å²) in [6.07, 6.45) is 0.418. The summed E-state index contributed by atoms with van der Waals surface area (Å²) in [5.74, 6) is -0.245. The summed E-state index contributed by atoms with van der Waals surface area (Å²) in [4.78, 5) is 24.8. The summed E-state index contributed by atoms with van der Waals surface area (Å²) < 4.78 is 5.87. The Hall–Kier alpha value is -0.720. The lowest BCUT2D eigenvalue weighted by atomic mass is 10.2. The molecule has 0 aliphatic carbocycles. The molecule has 19 heavy (non-hydrogen) atoms. The van der Waals surface area contributed by atoms with Crippen molar-refractivity contribution in [1.29, 1.82) is 0 Å². The molecule has 0 aliphatic rings. The van der Waals surface area contributed by atoms with E-state index in [2.05, 4.69) is 21.3 Å². The molecule has 0 saturated heterocycles. The number of hydrogen-bond acceptors (Lipinski definition) is 5. The van der Waals surface area contributed by atoms with Crippen LogP contribution >= 0.6 is 27.3 Å². The van der Waals surface area contributed by atoms with Crippen molar-refractivity contribution in [3.63, 3.8) is 0 Å². The van der Waals surface area contributed by atoms with E-state index in [0.717, 1.165) is 10.3 Å². The summed E-state index contributed by atoms with van der Waals surface area (Å²) in [5, 5.41) is 2.06. The molecule has 6 heteroatoms. The molecule has 0 unspecified atom stereocenters. The topological polar surface area (TPSA) is 46.6 Å². The number of nitrogens with zero attached hydrogens (tertiary/aromatic N) is 1. The Morgan fingerprint density at radius 2 is 2.16 bits per heavy atom. The lowest BCUT2D eigenvalue weighted by Gasteiger charge is -2.14. The molecule has 0 radical (unpaired) electrons. The molecule has 1 aromatic rings. The van der Waals surface area contributed by atoms with Gasteiger partial charge in [0.05, 0.1) is 23.4 Å². The maximum atomic E-state index is 11.7. The quantitative estimate of drug-likeness (QED) is 0.678. The number of hydrogen-bond donors (Lipinski definition) is 0. The summed E-state index contributed by atoms with van der Waals surface area (Å²) >= 11 is 5.04. The molecule has 0 N–H and O–H groups in total. The van der Waals surface area contributed by atoms with Gasteiger partial charge in [-0.15, -0.1) is 11.3 Å². The molecule has 1 rings (SSSR count). The minimum Gasteiger partial charge on any atom is -0.466 e. The molecule has 0 aliphatic heterocycles. The van der Waals surface area contributed by atoms with Gasteiger partial charge in [-0.3, -0.25) is 14.5 Å². The lowest BCUT2D eigenvalue weighted by Crippen LogP contribution is -2.25. The van der Waals surface area contributed by atoms with Crippen LogP contribution in [0.4, 0.5) is 0 Å². The number of halogens is 1. The highest BCUT2D eigenvalue weighted by Crippen LogP contribution is 2.21. The van der Waals surface area contributed by atoms with E-state index in [1.165, 1.54) is 5.56 Å². The minimum absolute atomic E-state index is 0.0600. The van der Waals surface area contributed by atoms with Crippen LogP contribution in [0.5, 0.6) is 0 Å². The van der Waals surface area contributed by atoms with Crippen LogP contribution < -0.4 is 0 Å². The van der Waals surface area contributed by atoms with Gasteiger partial charge in [0.15, 0.2) is 0 Å². The summed E-state index contributed by atoms with van der Waals surface area (Å²) in [6, 6.07) is 2.05. The monoisotopic (exact) mass is 347 g/mol. The number of carbonyl (C=O) groups excluding carboxylic acids is 2. The highest BCUT2D eigenvalue weighted by molar-refractivity contribution is 9.11. The van der Waals surface area contributed by atoms with Crippen molar-refractivity contribution >= 4 is 39.0 Å². The molecule has 1 aromatic heterocycles. The first kappa shape index (κ1) is 16.3. The molecule has 0 aromatic carbocycles. The fraction of sp³-hybridized carbons (Fsp3) is 0.538. The van der Waals surface area contributed by atoms with E-state index in [4.69, 9.17) is 4.74 Å². The second-order valence-corrected chi connectivity index (χ2v) is 6.57. The van der Waals surface area contributed by atoms with E-state index in [1.807, 2.05) is 18.0 Å². The smallest absolute Gasteiger partial charge is 0.306 e. The average molecular weight is 348 g/mol. The number of ketones is 1. The SMILES string of the molecule is CCOC(=O)CCC(=O)CN(C)Cc1csc(Br)c1. The molecule has 0 amide bonds. The van der Waals surface area contributed by atoms with Crippen LogP contribution in [0.3, 0.4) is 0 Å². The Morgan fingerprint density at radius 3 is 2.74 bits per heavy atom. The number of rotatable bonds is 8. The predicted molar refractivity (Wildman–Crippen MR) is 79.2 cm³/mol. The molecule has 0 fully saturated rings.